The van der Waals surface area contributed by atoms with Crippen LogP contribution in [0.3, 0.4) is 0 Å². The van der Waals surface area contributed by atoms with E-state index in [1.54, 1.807) is 13.1 Å². The number of hydrogen-bond donors (Lipinski definition) is 2. The molecule has 5 nitrogen and oxygen atoms in total. The summed E-state index contributed by atoms with van der Waals surface area (Å²) in [4.78, 5) is 4.22. The zero-order chi connectivity index (χ0) is 18.9. The minimum Gasteiger partial charge on any atom is -0.490 e. The lowest BCUT2D eigenvalue weighted by Gasteiger charge is -2.19. The zero-order valence-electron chi connectivity index (χ0n) is 16.8. The Labute approximate surface area is 179 Å². The van der Waals surface area contributed by atoms with Crippen LogP contribution in [0.2, 0.25) is 0 Å². The van der Waals surface area contributed by atoms with Crippen molar-refractivity contribution < 1.29 is 13.9 Å². The third-order valence-corrected chi connectivity index (χ3v) is 4.27. The summed E-state index contributed by atoms with van der Waals surface area (Å²) < 4.78 is 25.3. The van der Waals surface area contributed by atoms with E-state index in [4.69, 9.17) is 9.47 Å². The van der Waals surface area contributed by atoms with Crippen molar-refractivity contribution in [2.45, 2.75) is 52.2 Å². The summed E-state index contributed by atoms with van der Waals surface area (Å²) in [6.45, 7) is 8.12. The van der Waals surface area contributed by atoms with Crippen LogP contribution in [0.25, 0.3) is 0 Å². The average Bonchev–Trinajstić information content (AvgIpc) is 3.43. The minimum atomic E-state index is -0.314. The van der Waals surface area contributed by atoms with Gasteiger partial charge in [-0.05, 0) is 63.6 Å². The van der Waals surface area contributed by atoms with Crippen molar-refractivity contribution in [2.24, 2.45) is 10.9 Å². The zero-order valence-corrected chi connectivity index (χ0v) is 19.1. The van der Waals surface area contributed by atoms with E-state index >= 15 is 0 Å². The second-order valence-electron chi connectivity index (χ2n) is 7.08. The van der Waals surface area contributed by atoms with Gasteiger partial charge in [0.05, 0.1) is 18.8 Å². The first-order chi connectivity index (χ1) is 12.5. The van der Waals surface area contributed by atoms with Crippen LogP contribution in [0, 0.1) is 11.7 Å². The fourth-order valence-corrected chi connectivity index (χ4v) is 2.48. The van der Waals surface area contributed by atoms with Crippen molar-refractivity contribution in [3.8, 4) is 5.75 Å². The Morgan fingerprint density at radius 3 is 2.63 bits per heavy atom. The van der Waals surface area contributed by atoms with Gasteiger partial charge in [0.15, 0.2) is 17.5 Å². The molecule has 0 aromatic heterocycles. The molecule has 1 unspecified atom stereocenters. The van der Waals surface area contributed by atoms with Crippen LogP contribution in [-0.2, 0) is 4.74 Å². The Hall–Kier alpha value is -1.09. The number of nitrogens with one attached hydrogen (secondary N) is 2. The molecule has 1 fully saturated rings. The molecule has 1 aliphatic rings. The first-order valence-corrected chi connectivity index (χ1v) is 9.50. The molecule has 0 radical (unpaired) electrons. The molecule has 1 aliphatic carbocycles. The third-order valence-electron chi connectivity index (χ3n) is 4.27. The van der Waals surface area contributed by atoms with Crippen LogP contribution >= 0.6 is 24.0 Å². The molecule has 2 N–H and O–H groups in total. The Kier molecular flexibility index (Phi) is 11.0. The summed E-state index contributed by atoms with van der Waals surface area (Å²) >= 11 is 0. The van der Waals surface area contributed by atoms with Gasteiger partial charge in [0.1, 0.15) is 0 Å². The molecule has 27 heavy (non-hydrogen) atoms. The quantitative estimate of drug-likeness (QED) is 0.221. The maximum absolute atomic E-state index is 14.2. The van der Waals surface area contributed by atoms with Crippen LogP contribution in [0.1, 0.15) is 51.6 Å². The van der Waals surface area contributed by atoms with Crippen LogP contribution in [0.5, 0.6) is 5.75 Å². The van der Waals surface area contributed by atoms with Crippen molar-refractivity contribution in [1.82, 2.24) is 10.6 Å². The summed E-state index contributed by atoms with van der Waals surface area (Å²) in [6, 6.07) is 5.07. The highest BCUT2D eigenvalue weighted by atomic mass is 127. The SMILES string of the molecule is CN=C(NCCCOC(C)C)NC(C)c1ccc(OCC2CC2)c(F)c1.I. The van der Waals surface area contributed by atoms with Crippen LogP contribution in [-0.4, -0.2) is 38.9 Å². The summed E-state index contributed by atoms with van der Waals surface area (Å²) in [5, 5.41) is 6.53. The molecular weight excluding hydrogens is 460 g/mol. The van der Waals surface area contributed by atoms with Gasteiger partial charge in [0.2, 0.25) is 0 Å². The Bertz CT molecular complexity index is 595. The van der Waals surface area contributed by atoms with E-state index in [0.717, 1.165) is 18.5 Å². The van der Waals surface area contributed by atoms with Crippen LogP contribution < -0.4 is 15.4 Å². The summed E-state index contributed by atoms with van der Waals surface area (Å²) in [7, 11) is 1.72. The Morgan fingerprint density at radius 1 is 1.30 bits per heavy atom. The molecule has 1 atom stereocenters. The van der Waals surface area contributed by atoms with E-state index in [1.807, 2.05) is 26.8 Å². The van der Waals surface area contributed by atoms with Gasteiger partial charge in [-0.2, -0.15) is 0 Å². The summed E-state index contributed by atoms with van der Waals surface area (Å²) in [5.41, 5.74) is 0.854. The van der Waals surface area contributed by atoms with Gasteiger partial charge >= 0.3 is 0 Å². The van der Waals surface area contributed by atoms with E-state index in [-0.39, 0.29) is 41.9 Å². The second-order valence-corrected chi connectivity index (χ2v) is 7.08. The van der Waals surface area contributed by atoms with Crippen LogP contribution in [0.4, 0.5) is 4.39 Å². The van der Waals surface area contributed by atoms with Gasteiger partial charge < -0.3 is 20.1 Å². The molecule has 1 aromatic rings. The van der Waals surface area contributed by atoms with E-state index < -0.39 is 0 Å². The predicted molar refractivity (Wildman–Crippen MR) is 119 cm³/mol. The van der Waals surface area contributed by atoms with Gasteiger partial charge in [0.25, 0.3) is 0 Å². The van der Waals surface area contributed by atoms with Gasteiger partial charge in [-0.15, -0.1) is 24.0 Å². The molecule has 7 heteroatoms. The maximum Gasteiger partial charge on any atom is 0.191 e. The average molecular weight is 493 g/mol. The highest BCUT2D eigenvalue weighted by Gasteiger charge is 2.22. The van der Waals surface area contributed by atoms with E-state index in [1.165, 1.54) is 18.9 Å². The normalized spacial score (nSPS) is 15.3. The number of aliphatic imine (C=N–C) groups is 1. The standard InChI is InChI=1S/C20H32FN3O2.HI/c1-14(2)25-11-5-10-23-20(22-4)24-15(3)17-8-9-19(18(21)12-17)26-13-16-6-7-16;/h8-9,12,14-16H,5-7,10-11,13H2,1-4H3,(H2,22,23,24);1H. The molecule has 0 saturated heterocycles. The fourth-order valence-electron chi connectivity index (χ4n) is 2.48. The largest absolute Gasteiger partial charge is 0.490 e. The third kappa shape index (κ3) is 9.10. The number of benzene rings is 1. The second kappa shape index (κ2) is 12.4. The minimum absolute atomic E-state index is 0. The molecule has 1 saturated carbocycles. The lowest BCUT2D eigenvalue weighted by Crippen LogP contribution is -2.39. The first kappa shape index (κ1) is 23.9. The highest BCUT2D eigenvalue weighted by molar-refractivity contribution is 14.0. The molecular formula is C20H33FIN3O2. The number of guanidine groups is 1. The van der Waals surface area contributed by atoms with E-state index in [9.17, 15) is 4.39 Å². The number of ether oxygens (including phenoxy) is 2. The lowest BCUT2D eigenvalue weighted by molar-refractivity contribution is 0.0776. The number of hydrogen-bond acceptors (Lipinski definition) is 3. The van der Waals surface area contributed by atoms with Gasteiger partial charge in [-0.25, -0.2) is 4.39 Å². The maximum atomic E-state index is 14.2. The topological polar surface area (TPSA) is 54.9 Å². The molecule has 0 heterocycles. The first-order valence-electron chi connectivity index (χ1n) is 9.50. The van der Waals surface area contributed by atoms with Crippen molar-refractivity contribution >= 4 is 29.9 Å². The lowest BCUT2D eigenvalue weighted by atomic mass is 10.1. The van der Waals surface area contributed by atoms with E-state index in [2.05, 4.69) is 15.6 Å². The highest BCUT2D eigenvalue weighted by Crippen LogP contribution is 2.30. The van der Waals surface area contributed by atoms with E-state index in [0.29, 0.717) is 30.8 Å². The number of rotatable bonds is 10. The molecule has 0 aliphatic heterocycles. The molecule has 154 valence electrons. The molecule has 2 rings (SSSR count). The van der Waals surface area contributed by atoms with Crippen molar-refractivity contribution in [3.05, 3.63) is 29.6 Å². The smallest absolute Gasteiger partial charge is 0.191 e. The Balaban J connectivity index is 0.00000364. The van der Waals surface area contributed by atoms with Crippen LogP contribution in [0.15, 0.2) is 23.2 Å². The predicted octanol–water partition coefficient (Wildman–Crippen LogP) is 4.27. The van der Waals surface area contributed by atoms with Gasteiger partial charge in [0, 0.05) is 20.2 Å². The van der Waals surface area contributed by atoms with Crippen molar-refractivity contribution in [3.63, 3.8) is 0 Å². The molecule has 0 spiro atoms. The van der Waals surface area contributed by atoms with Gasteiger partial charge in [-0.3, -0.25) is 4.99 Å². The molecule has 1 aromatic carbocycles. The molecule has 0 bridgehead atoms. The number of nitrogens with zero attached hydrogens (tertiary/aromatic N) is 1. The van der Waals surface area contributed by atoms with Crippen molar-refractivity contribution in [1.29, 1.82) is 0 Å². The Morgan fingerprint density at radius 2 is 2.04 bits per heavy atom. The summed E-state index contributed by atoms with van der Waals surface area (Å²) in [5.74, 6) is 1.32. The monoisotopic (exact) mass is 493 g/mol. The number of halogens is 2. The van der Waals surface area contributed by atoms with Crippen molar-refractivity contribution in [2.75, 3.05) is 26.8 Å². The summed E-state index contributed by atoms with van der Waals surface area (Å²) in [6.07, 6.45) is 3.53. The molecule has 0 amide bonds. The van der Waals surface area contributed by atoms with Gasteiger partial charge in [-0.1, -0.05) is 6.07 Å². The fraction of sp³-hybridized carbons (Fsp3) is 0.650.